The van der Waals surface area contributed by atoms with Crippen molar-refractivity contribution in [3.8, 4) is 11.9 Å². The van der Waals surface area contributed by atoms with Crippen molar-refractivity contribution in [1.29, 1.82) is 5.26 Å². The fourth-order valence-electron chi connectivity index (χ4n) is 2.26. The Hall–Kier alpha value is -3.40. The molecule has 23 heavy (non-hydrogen) atoms. The maximum atomic E-state index is 11.7. The normalized spacial score (nSPS) is 10.9. The molecule has 3 amide bonds. The Morgan fingerprint density at radius 2 is 2.13 bits per heavy atom. The van der Waals surface area contributed by atoms with E-state index in [-0.39, 0.29) is 5.57 Å². The molecule has 0 saturated heterocycles. The van der Waals surface area contributed by atoms with Gasteiger partial charge in [-0.05, 0) is 43.7 Å². The number of imide groups is 1. The number of carbonyl (C=O) groups excluding carboxylic acids is 2. The van der Waals surface area contributed by atoms with E-state index in [2.05, 4.69) is 4.98 Å². The summed E-state index contributed by atoms with van der Waals surface area (Å²) in [6.07, 6.45) is 3.10. The average molecular weight is 309 g/mol. The number of carbonyl (C=O) groups is 2. The molecule has 2 heterocycles. The molecule has 0 unspecified atom stereocenters. The molecule has 0 fully saturated rings. The Morgan fingerprint density at radius 1 is 1.39 bits per heavy atom. The van der Waals surface area contributed by atoms with Gasteiger partial charge in [0.2, 0.25) is 0 Å². The lowest BCUT2D eigenvalue weighted by Gasteiger charge is -2.07. The molecule has 7 nitrogen and oxygen atoms in total. The van der Waals surface area contributed by atoms with Crippen LogP contribution in [-0.4, -0.2) is 21.5 Å². The van der Waals surface area contributed by atoms with Gasteiger partial charge in [-0.1, -0.05) is 6.07 Å². The molecule has 0 spiro atoms. The maximum absolute atomic E-state index is 11.7. The summed E-state index contributed by atoms with van der Waals surface area (Å²) < 4.78 is 1.91. The molecule has 0 saturated carbocycles. The predicted molar refractivity (Wildman–Crippen MR) is 84.4 cm³/mol. The van der Waals surface area contributed by atoms with Gasteiger partial charge in [0, 0.05) is 17.6 Å². The number of aryl methyl sites for hydroxylation is 1. The third-order valence-corrected chi connectivity index (χ3v) is 3.25. The maximum Gasteiger partial charge on any atom is 0.319 e. The van der Waals surface area contributed by atoms with Gasteiger partial charge in [0.1, 0.15) is 17.5 Å². The lowest BCUT2D eigenvalue weighted by atomic mass is 10.1. The van der Waals surface area contributed by atoms with Crippen LogP contribution >= 0.6 is 0 Å². The Balaban J connectivity index is 2.46. The quantitative estimate of drug-likeness (QED) is 0.662. The fraction of sp³-hybridized carbons (Fsp3) is 0.125. The molecule has 3 N–H and O–H groups in total. The summed E-state index contributed by atoms with van der Waals surface area (Å²) in [5.41, 5.74) is 7.10. The van der Waals surface area contributed by atoms with Crippen molar-refractivity contribution in [2.45, 2.75) is 13.8 Å². The highest BCUT2D eigenvalue weighted by atomic mass is 16.2. The number of amides is 3. The highest BCUT2D eigenvalue weighted by Crippen LogP contribution is 2.21. The molecule has 0 aromatic carbocycles. The Bertz CT molecular complexity index is 828. The molecule has 0 radical (unpaired) electrons. The SMILES string of the molecule is Cc1cc(/C=C(/C#N)C(=O)NC(N)=O)c(C)n1-c1ccccn1. The lowest BCUT2D eigenvalue weighted by molar-refractivity contribution is -0.115. The number of primary amides is 1. The third-order valence-electron chi connectivity index (χ3n) is 3.25. The number of pyridine rings is 1. The van der Waals surface area contributed by atoms with Crippen molar-refractivity contribution in [3.05, 3.63) is 53.0 Å². The lowest BCUT2D eigenvalue weighted by Crippen LogP contribution is -2.35. The van der Waals surface area contributed by atoms with E-state index >= 15 is 0 Å². The van der Waals surface area contributed by atoms with Crippen molar-refractivity contribution in [1.82, 2.24) is 14.9 Å². The second kappa shape index (κ2) is 6.58. The van der Waals surface area contributed by atoms with Crippen molar-refractivity contribution >= 4 is 18.0 Å². The van der Waals surface area contributed by atoms with E-state index in [1.54, 1.807) is 12.3 Å². The fourth-order valence-corrected chi connectivity index (χ4v) is 2.26. The van der Waals surface area contributed by atoms with Crippen LogP contribution in [-0.2, 0) is 4.79 Å². The first-order valence-electron chi connectivity index (χ1n) is 6.77. The zero-order valence-corrected chi connectivity index (χ0v) is 12.7. The summed E-state index contributed by atoms with van der Waals surface area (Å²) in [6.45, 7) is 3.75. The van der Waals surface area contributed by atoms with Gasteiger partial charge >= 0.3 is 6.03 Å². The number of nitrogens with zero attached hydrogens (tertiary/aromatic N) is 3. The zero-order valence-electron chi connectivity index (χ0n) is 12.7. The van der Waals surface area contributed by atoms with E-state index in [1.165, 1.54) is 6.08 Å². The van der Waals surface area contributed by atoms with Gasteiger partial charge < -0.3 is 10.3 Å². The number of nitriles is 1. The van der Waals surface area contributed by atoms with Gasteiger partial charge in [0.15, 0.2) is 0 Å². The molecule has 0 aliphatic rings. The summed E-state index contributed by atoms with van der Waals surface area (Å²) >= 11 is 0. The van der Waals surface area contributed by atoms with Crippen LogP contribution in [0, 0.1) is 25.2 Å². The number of hydrogen-bond donors (Lipinski definition) is 2. The first-order valence-corrected chi connectivity index (χ1v) is 6.77. The van der Waals surface area contributed by atoms with Crippen molar-refractivity contribution in [2.24, 2.45) is 5.73 Å². The van der Waals surface area contributed by atoms with E-state index in [0.717, 1.165) is 17.2 Å². The minimum Gasteiger partial charge on any atom is -0.351 e. The summed E-state index contributed by atoms with van der Waals surface area (Å²) in [6, 6.07) is 8.15. The van der Waals surface area contributed by atoms with Crippen molar-refractivity contribution in [3.63, 3.8) is 0 Å². The summed E-state index contributed by atoms with van der Waals surface area (Å²) in [5.74, 6) is -0.0927. The molecular weight excluding hydrogens is 294 g/mol. The second-order valence-electron chi connectivity index (χ2n) is 4.84. The van der Waals surface area contributed by atoms with Crippen LogP contribution in [0.3, 0.4) is 0 Å². The summed E-state index contributed by atoms with van der Waals surface area (Å²) in [5, 5.41) is 11.0. The number of rotatable bonds is 3. The Kier molecular flexibility index (Phi) is 4.57. The molecule has 2 aromatic rings. The topological polar surface area (TPSA) is 114 Å². The Morgan fingerprint density at radius 3 is 2.70 bits per heavy atom. The van der Waals surface area contributed by atoms with Crippen LogP contribution in [0.2, 0.25) is 0 Å². The minimum absolute atomic E-state index is 0.204. The third kappa shape index (κ3) is 3.44. The molecule has 0 bridgehead atoms. The molecule has 116 valence electrons. The van der Waals surface area contributed by atoms with Crippen molar-refractivity contribution in [2.75, 3.05) is 0 Å². The van der Waals surface area contributed by atoms with E-state index in [4.69, 9.17) is 11.0 Å². The molecule has 0 aliphatic carbocycles. The number of aromatic nitrogens is 2. The molecular formula is C16H15N5O2. The first kappa shape index (κ1) is 16.0. The molecule has 2 rings (SSSR count). The average Bonchev–Trinajstić information content (AvgIpc) is 2.79. The number of urea groups is 1. The largest absolute Gasteiger partial charge is 0.351 e. The van der Waals surface area contributed by atoms with E-state index in [1.807, 2.05) is 48.0 Å². The summed E-state index contributed by atoms with van der Waals surface area (Å²) in [7, 11) is 0. The Labute approximate surface area is 133 Å². The van der Waals surface area contributed by atoms with Crippen LogP contribution < -0.4 is 11.1 Å². The summed E-state index contributed by atoms with van der Waals surface area (Å²) in [4.78, 5) is 26.8. The zero-order chi connectivity index (χ0) is 17.0. The van der Waals surface area contributed by atoms with Crippen LogP contribution in [0.25, 0.3) is 11.9 Å². The standard InChI is InChI=1S/C16H15N5O2/c1-10-7-12(8-13(9-17)15(22)20-16(18)23)11(2)21(10)14-5-3-4-6-19-14/h3-8H,1-2H3,(H3,18,20,22,23)/b13-8-. The van der Waals surface area contributed by atoms with E-state index in [0.29, 0.717) is 5.56 Å². The van der Waals surface area contributed by atoms with Crippen LogP contribution in [0.5, 0.6) is 0 Å². The minimum atomic E-state index is -1.00. The number of hydrogen-bond acceptors (Lipinski definition) is 4. The smallest absolute Gasteiger partial charge is 0.319 e. The number of nitrogens with one attached hydrogen (secondary N) is 1. The predicted octanol–water partition coefficient (Wildman–Crippen LogP) is 1.59. The monoisotopic (exact) mass is 309 g/mol. The highest BCUT2D eigenvalue weighted by Gasteiger charge is 2.14. The molecule has 0 aliphatic heterocycles. The van der Waals surface area contributed by atoms with Gasteiger partial charge in [0.05, 0.1) is 0 Å². The van der Waals surface area contributed by atoms with Gasteiger partial charge in [-0.3, -0.25) is 10.1 Å². The van der Waals surface area contributed by atoms with Gasteiger partial charge in [-0.2, -0.15) is 5.26 Å². The first-order chi connectivity index (χ1) is 10.9. The highest BCUT2D eigenvalue weighted by molar-refractivity contribution is 6.08. The van der Waals surface area contributed by atoms with Crippen LogP contribution in [0.4, 0.5) is 4.79 Å². The van der Waals surface area contributed by atoms with Gasteiger partial charge in [-0.15, -0.1) is 0 Å². The van der Waals surface area contributed by atoms with Gasteiger partial charge in [-0.25, -0.2) is 9.78 Å². The molecule has 7 heteroatoms. The van der Waals surface area contributed by atoms with Gasteiger partial charge in [0.25, 0.3) is 5.91 Å². The van der Waals surface area contributed by atoms with Crippen LogP contribution in [0.1, 0.15) is 17.0 Å². The number of nitrogens with two attached hydrogens (primary N) is 1. The van der Waals surface area contributed by atoms with E-state index in [9.17, 15) is 9.59 Å². The molecule has 0 atom stereocenters. The van der Waals surface area contributed by atoms with E-state index < -0.39 is 11.9 Å². The van der Waals surface area contributed by atoms with Crippen LogP contribution in [0.15, 0.2) is 36.0 Å². The second-order valence-corrected chi connectivity index (χ2v) is 4.84. The van der Waals surface area contributed by atoms with Crippen molar-refractivity contribution < 1.29 is 9.59 Å². The molecule has 2 aromatic heterocycles.